The Kier molecular flexibility index (Phi) is 8.24. The summed E-state index contributed by atoms with van der Waals surface area (Å²) in [6, 6.07) is 0. The molecule has 0 aliphatic heterocycles. The highest BCUT2D eigenvalue weighted by Gasteiger charge is 2.60. The molecule has 1 N–H and O–H groups in total. The Morgan fingerprint density at radius 2 is 1.71 bits per heavy atom. The van der Waals surface area contributed by atoms with Gasteiger partial charge in [0.2, 0.25) is 0 Å². The zero-order valence-electron chi connectivity index (χ0n) is 26.8. The molecule has 38 heavy (non-hydrogen) atoms. The van der Waals surface area contributed by atoms with Crippen molar-refractivity contribution in [3.63, 3.8) is 0 Å². The van der Waals surface area contributed by atoms with E-state index in [1.807, 2.05) is 0 Å². The first-order chi connectivity index (χ1) is 17.5. The van der Waals surface area contributed by atoms with Crippen LogP contribution in [0.15, 0.2) is 34.9 Å². The fourth-order valence-electron chi connectivity index (χ4n) is 9.26. The van der Waals surface area contributed by atoms with Crippen LogP contribution in [0.1, 0.15) is 114 Å². The maximum Gasteiger partial charge on any atom is 0.192 e. The second kappa shape index (κ2) is 10.3. The van der Waals surface area contributed by atoms with Crippen LogP contribution in [0.4, 0.5) is 0 Å². The molecule has 0 amide bonds. The van der Waals surface area contributed by atoms with E-state index in [1.165, 1.54) is 44.1 Å². The molecule has 0 spiro atoms. The lowest BCUT2D eigenvalue weighted by Gasteiger charge is -2.60. The second-order valence-corrected chi connectivity index (χ2v) is 21.2. The average molecular weight is 541 g/mol. The third-order valence-corrected chi connectivity index (χ3v) is 17.1. The van der Waals surface area contributed by atoms with Crippen molar-refractivity contribution in [1.29, 1.82) is 0 Å². The summed E-state index contributed by atoms with van der Waals surface area (Å²) in [7, 11) is -1.83. The average Bonchev–Trinajstić information content (AvgIpc) is 3.15. The van der Waals surface area contributed by atoms with Crippen LogP contribution in [0, 0.1) is 39.9 Å². The van der Waals surface area contributed by atoms with Crippen LogP contribution in [0.5, 0.6) is 0 Å². The van der Waals surface area contributed by atoms with Crippen LogP contribution in [-0.2, 0) is 4.43 Å². The van der Waals surface area contributed by atoms with Gasteiger partial charge in [-0.05, 0) is 118 Å². The van der Waals surface area contributed by atoms with Crippen molar-refractivity contribution in [1.82, 2.24) is 0 Å². The number of fused-ring (bicyclic) bond motifs is 5. The van der Waals surface area contributed by atoms with E-state index in [9.17, 15) is 5.11 Å². The predicted octanol–water partition coefficient (Wildman–Crippen LogP) is 9.87. The summed E-state index contributed by atoms with van der Waals surface area (Å²) < 4.78 is 7.12. The molecule has 0 radical (unpaired) electrons. The van der Waals surface area contributed by atoms with Crippen LogP contribution in [-0.4, -0.2) is 26.1 Å². The van der Waals surface area contributed by atoms with E-state index in [2.05, 4.69) is 93.6 Å². The van der Waals surface area contributed by atoms with E-state index in [4.69, 9.17) is 4.43 Å². The Balaban J connectivity index is 1.60. The first kappa shape index (κ1) is 30.3. The van der Waals surface area contributed by atoms with Gasteiger partial charge in [-0.1, -0.05) is 83.4 Å². The zero-order valence-corrected chi connectivity index (χ0v) is 27.8. The van der Waals surface area contributed by atoms with E-state index in [-0.39, 0.29) is 15.9 Å². The van der Waals surface area contributed by atoms with Gasteiger partial charge in [0.1, 0.15) is 0 Å². The second-order valence-electron chi connectivity index (χ2n) is 16.4. The molecule has 4 rings (SSSR count). The summed E-state index contributed by atoms with van der Waals surface area (Å²) in [5.74, 6) is 2.44. The topological polar surface area (TPSA) is 29.5 Å². The number of rotatable bonds is 7. The van der Waals surface area contributed by atoms with Gasteiger partial charge in [0.05, 0.1) is 6.10 Å². The lowest BCUT2D eigenvalue weighted by molar-refractivity contribution is -0.0145. The largest absolute Gasteiger partial charge is 0.413 e. The Hall–Kier alpha value is -0.643. The summed E-state index contributed by atoms with van der Waals surface area (Å²) >= 11 is 0. The molecule has 3 saturated carbocycles. The van der Waals surface area contributed by atoms with Crippen molar-refractivity contribution in [2.75, 3.05) is 6.61 Å². The molecule has 0 heterocycles. The first-order valence-electron chi connectivity index (χ1n) is 15.8. The van der Waals surface area contributed by atoms with Crippen molar-refractivity contribution >= 4 is 8.32 Å². The van der Waals surface area contributed by atoms with Crippen LogP contribution >= 0.6 is 0 Å². The van der Waals surface area contributed by atoms with Gasteiger partial charge in [0.25, 0.3) is 0 Å². The fraction of sp³-hybridized carbons (Fsp3) is 0.829. The highest BCUT2D eigenvalue weighted by atomic mass is 28.4. The highest BCUT2D eigenvalue weighted by molar-refractivity contribution is 6.74. The minimum absolute atomic E-state index is 0.0659. The van der Waals surface area contributed by atoms with E-state index < -0.39 is 8.32 Å². The Morgan fingerprint density at radius 3 is 2.32 bits per heavy atom. The van der Waals surface area contributed by atoms with Crippen LogP contribution in [0.2, 0.25) is 18.1 Å². The van der Waals surface area contributed by atoms with Gasteiger partial charge in [-0.3, -0.25) is 0 Å². The van der Waals surface area contributed by atoms with Crippen LogP contribution in [0.25, 0.3) is 0 Å². The summed E-state index contributed by atoms with van der Waals surface area (Å²) in [4.78, 5) is 0. The lowest BCUT2D eigenvalue weighted by Crippen LogP contribution is -2.55. The van der Waals surface area contributed by atoms with Crippen LogP contribution < -0.4 is 0 Å². The number of aliphatic hydroxyl groups excluding tert-OH is 1. The van der Waals surface area contributed by atoms with Gasteiger partial charge in [0.15, 0.2) is 8.32 Å². The van der Waals surface area contributed by atoms with Crippen molar-refractivity contribution in [2.24, 2.45) is 39.9 Å². The molecule has 0 saturated heterocycles. The molecule has 216 valence electrons. The lowest BCUT2D eigenvalue weighted by atomic mass is 9.46. The molecule has 0 aromatic carbocycles. The summed E-state index contributed by atoms with van der Waals surface area (Å²) in [6.07, 6.45) is 17.7. The smallest absolute Gasteiger partial charge is 0.192 e. The summed E-state index contributed by atoms with van der Waals surface area (Å²) in [5.41, 5.74) is 5.46. The van der Waals surface area contributed by atoms with Gasteiger partial charge in [0, 0.05) is 12.0 Å². The molecule has 4 aliphatic carbocycles. The van der Waals surface area contributed by atoms with Crippen molar-refractivity contribution in [2.45, 2.75) is 138 Å². The van der Waals surface area contributed by atoms with Gasteiger partial charge in [-0.15, -0.1) is 0 Å². The standard InChI is InChI=1S/C35H60O2Si/c1-24(2)13-12-14-25(23-36)27-16-17-28-26-15-18-30-33(6,7)31(37-38(10,11)32(3,4)5)20-22-35(30,9)29(26)19-21-34(27,28)8/h13,15,18,25,27-29,31,36H,12,14,16-17,19-23H2,1-11H3/t25-,27+,28-,29-,31?,34+,35+/m0/s1. The fourth-order valence-corrected chi connectivity index (χ4v) is 10.7. The van der Waals surface area contributed by atoms with Gasteiger partial charge >= 0.3 is 0 Å². The molecular formula is C35H60O2Si. The minimum Gasteiger partial charge on any atom is -0.413 e. The highest BCUT2D eigenvalue weighted by Crippen LogP contribution is 2.68. The SMILES string of the molecule is CC(C)=CCC[C@@H](CO)[C@H]1CC[C@H]2C3=CC=C4C(C)(C)C(O[Si](C)(C)C(C)(C)C)CC[C@]4(C)[C@H]3CC[C@]12C. The first-order valence-corrected chi connectivity index (χ1v) is 18.7. The number of hydrogen-bond acceptors (Lipinski definition) is 2. The van der Waals surface area contributed by atoms with Crippen LogP contribution in [0.3, 0.4) is 0 Å². The Bertz CT molecular complexity index is 974. The minimum atomic E-state index is -1.83. The molecule has 2 nitrogen and oxygen atoms in total. The predicted molar refractivity (Wildman–Crippen MR) is 166 cm³/mol. The normalized spacial score (nSPS) is 37.4. The third-order valence-electron chi connectivity index (χ3n) is 12.6. The Labute approximate surface area is 236 Å². The van der Waals surface area contributed by atoms with E-state index >= 15 is 0 Å². The number of aliphatic hydroxyl groups is 1. The van der Waals surface area contributed by atoms with E-state index in [1.54, 1.807) is 11.1 Å². The molecule has 7 atom stereocenters. The molecular weight excluding hydrogens is 480 g/mol. The van der Waals surface area contributed by atoms with Gasteiger partial charge < -0.3 is 9.53 Å². The maximum atomic E-state index is 10.4. The quantitative estimate of drug-likeness (QED) is 0.257. The van der Waals surface area contributed by atoms with Gasteiger partial charge in [-0.25, -0.2) is 0 Å². The summed E-state index contributed by atoms with van der Waals surface area (Å²) in [6.45, 7) is 26.8. The molecule has 4 aliphatic rings. The molecule has 3 heteroatoms. The molecule has 3 fully saturated rings. The van der Waals surface area contributed by atoms with Gasteiger partial charge in [-0.2, -0.15) is 0 Å². The number of allylic oxidation sites excluding steroid dienone is 5. The third kappa shape index (κ3) is 5.00. The van der Waals surface area contributed by atoms with Crippen molar-refractivity contribution in [3.05, 3.63) is 34.9 Å². The van der Waals surface area contributed by atoms with E-state index in [0.29, 0.717) is 41.8 Å². The molecule has 0 aromatic heterocycles. The molecule has 0 bridgehead atoms. The zero-order chi connectivity index (χ0) is 28.3. The van der Waals surface area contributed by atoms with Crippen molar-refractivity contribution < 1.29 is 9.53 Å². The summed E-state index contributed by atoms with van der Waals surface area (Å²) in [5, 5.41) is 10.7. The molecule has 0 aromatic rings. The monoisotopic (exact) mass is 540 g/mol. The van der Waals surface area contributed by atoms with E-state index in [0.717, 1.165) is 12.8 Å². The number of hydrogen-bond donors (Lipinski definition) is 1. The molecule has 1 unspecified atom stereocenters. The van der Waals surface area contributed by atoms with Crippen molar-refractivity contribution in [3.8, 4) is 0 Å². The Morgan fingerprint density at radius 1 is 1.03 bits per heavy atom. The maximum absolute atomic E-state index is 10.4.